The van der Waals surface area contributed by atoms with Crippen LogP contribution in [0, 0.1) is 5.92 Å². The lowest BCUT2D eigenvalue weighted by atomic mass is 10.1. The van der Waals surface area contributed by atoms with Gasteiger partial charge in [-0.3, -0.25) is 4.98 Å². The highest BCUT2D eigenvalue weighted by molar-refractivity contribution is 5.45. The maximum atomic E-state index is 9.69. The van der Waals surface area contributed by atoms with E-state index in [0.29, 0.717) is 12.3 Å². The zero-order chi connectivity index (χ0) is 13.0. The lowest BCUT2D eigenvalue weighted by Crippen LogP contribution is -2.20. The van der Waals surface area contributed by atoms with E-state index in [9.17, 15) is 5.11 Å². The summed E-state index contributed by atoms with van der Waals surface area (Å²) < 4.78 is 0. The minimum Gasteiger partial charge on any atom is -0.396 e. The number of pyridine rings is 1. The smallest absolute Gasteiger partial charge is 0.0957 e. The Balaban J connectivity index is 1.98. The number of rotatable bonds is 5. The fraction of sp³-hybridized carbons (Fsp3) is 0.643. The van der Waals surface area contributed by atoms with Gasteiger partial charge in [-0.1, -0.05) is 6.92 Å². The molecule has 4 heteroatoms. The maximum Gasteiger partial charge on any atom is 0.0957 e. The molecule has 1 aliphatic heterocycles. The van der Waals surface area contributed by atoms with Crippen LogP contribution >= 0.6 is 0 Å². The van der Waals surface area contributed by atoms with Gasteiger partial charge in [-0.05, 0) is 37.3 Å². The van der Waals surface area contributed by atoms with Gasteiger partial charge < -0.3 is 15.1 Å². The number of nitrogens with zero attached hydrogens (tertiary/aromatic N) is 2. The van der Waals surface area contributed by atoms with Gasteiger partial charge in [-0.2, -0.15) is 0 Å². The van der Waals surface area contributed by atoms with Crippen LogP contribution in [0.5, 0.6) is 0 Å². The van der Waals surface area contributed by atoms with E-state index < -0.39 is 6.10 Å². The largest absolute Gasteiger partial charge is 0.396 e. The molecule has 1 aromatic rings. The first-order valence-corrected chi connectivity index (χ1v) is 6.74. The van der Waals surface area contributed by atoms with Crippen LogP contribution in [0.2, 0.25) is 0 Å². The summed E-state index contributed by atoms with van der Waals surface area (Å²) in [6.45, 7) is 4.25. The molecule has 4 nitrogen and oxygen atoms in total. The second-order valence-corrected chi connectivity index (χ2v) is 4.98. The Morgan fingerprint density at radius 1 is 1.50 bits per heavy atom. The summed E-state index contributed by atoms with van der Waals surface area (Å²) >= 11 is 0. The van der Waals surface area contributed by atoms with Crippen molar-refractivity contribution in [2.75, 3.05) is 24.6 Å². The summed E-state index contributed by atoms with van der Waals surface area (Å²) in [6.07, 6.45) is 4.10. The summed E-state index contributed by atoms with van der Waals surface area (Å²) in [5, 5.41) is 18.6. The lowest BCUT2D eigenvalue weighted by Gasteiger charge is -2.19. The predicted molar refractivity (Wildman–Crippen MR) is 71.5 cm³/mol. The molecule has 0 aromatic carbocycles. The van der Waals surface area contributed by atoms with Crippen LogP contribution in [0.4, 0.5) is 5.69 Å². The van der Waals surface area contributed by atoms with Crippen LogP contribution in [0.1, 0.15) is 38.0 Å². The molecule has 2 heterocycles. The molecule has 1 unspecified atom stereocenters. The number of anilines is 1. The van der Waals surface area contributed by atoms with Gasteiger partial charge in [0, 0.05) is 19.7 Å². The van der Waals surface area contributed by atoms with E-state index in [-0.39, 0.29) is 6.61 Å². The van der Waals surface area contributed by atoms with Gasteiger partial charge in [0.15, 0.2) is 0 Å². The van der Waals surface area contributed by atoms with Gasteiger partial charge in [0.25, 0.3) is 0 Å². The molecule has 1 aromatic heterocycles. The Bertz CT molecular complexity index is 367. The van der Waals surface area contributed by atoms with Crippen LogP contribution in [0.3, 0.4) is 0 Å². The van der Waals surface area contributed by atoms with E-state index in [1.165, 1.54) is 0 Å². The number of hydrogen-bond donors (Lipinski definition) is 2. The third-order valence-electron chi connectivity index (χ3n) is 3.69. The van der Waals surface area contributed by atoms with Crippen molar-refractivity contribution in [2.45, 2.75) is 32.3 Å². The predicted octanol–water partition coefficient (Wildman–Crippen LogP) is 1.73. The number of aliphatic hydroxyl groups excluding tert-OH is 2. The van der Waals surface area contributed by atoms with E-state index in [1.807, 2.05) is 25.3 Å². The molecule has 1 saturated heterocycles. The minimum absolute atomic E-state index is 0.276. The van der Waals surface area contributed by atoms with Crippen LogP contribution in [-0.2, 0) is 0 Å². The van der Waals surface area contributed by atoms with E-state index in [1.54, 1.807) is 0 Å². The summed E-state index contributed by atoms with van der Waals surface area (Å²) in [5.74, 6) is 0.593. The normalized spacial score (nSPS) is 21.3. The van der Waals surface area contributed by atoms with Crippen molar-refractivity contribution in [3.05, 3.63) is 24.0 Å². The molecule has 0 spiro atoms. The third kappa shape index (κ3) is 3.00. The second-order valence-electron chi connectivity index (χ2n) is 4.98. The SMILES string of the molecule is CC[C@H](O)c1ccc(N2CCC(CCO)C2)cn1. The first kappa shape index (κ1) is 13.3. The molecule has 18 heavy (non-hydrogen) atoms. The third-order valence-corrected chi connectivity index (χ3v) is 3.69. The summed E-state index contributed by atoms with van der Waals surface area (Å²) in [4.78, 5) is 6.63. The van der Waals surface area contributed by atoms with Crippen molar-refractivity contribution in [1.29, 1.82) is 0 Å². The standard InChI is InChI=1S/C14H22N2O2/c1-2-14(18)13-4-3-12(9-15-13)16-7-5-11(10-16)6-8-17/h3-4,9,11,14,17-18H,2,5-8,10H2,1H3/t11?,14-/m0/s1. The molecule has 0 bridgehead atoms. The molecule has 0 saturated carbocycles. The Labute approximate surface area is 108 Å². The van der Waals surface area contributed by atoms with Crippen molar-refractivity contribution < 1.29 is 10.2 Å². The van der Waals surface area contributed by atoms with Gasteiger partial charge >= 0.3 is 0 Å². The van der Waals surface area contributed by atoms with E-state index in [2.05, 4.69) is 9.88 Å². The van der Waals surface area contributed by atoms with Crippen molar-refractivity contribution in [3.8, 4) is 0 Å². The van der Waals surface area contributed by atoms with Crippen molar-refractivity contribution in [2.24, 2.45) is 5.92 Å². The average molecular weight is 250 g/mol. The van der Waals surface area contributed by atoms with Gasteiger partial charge in [-0.15, -0.1) is 0 Å². The van der Waals surface area contributed by atoms with Crippen molar-refractivity contribution >= 4 is 5.69 Å². The van der Waals surface area contributed by atoms with Gasteiger partial charge in [0.1, 0.15) is 0 Å². The molecular formula is C14H22N2O2. The summed E-state index contributed by atoms with van der Waals surface area (Å²) in [7, 11) is 0. The first-order chi connectivity index (χ1) is 8.74. The van der Waals surface area contributed by atoms with E-state index >= 15 is 0 Å². The van der Waals surface area contributed by atoms with Crippen LogP contribution in [-0.4, -0.2) is 34.9 Å². The maximum absolute atomic E-state index is 9.69. The van der Waals surface area contributed by atoms with Crippen LogP contribution in [0.25, 0.3) is 0 Å². The highest BCUT2D eigenvalue weighted by atomic mass is 16.3. The summed E-state index contributed by atoms with van der Waals surface area (Å²) in [5.41, 5.74) is 1.86. The zero-order valence-corrected chi connectivity index (χ0v) is 10.9. The quantitative estimate of drug-likeness (QED) is 0.835. The van der Waals surface area contributed by atoms with Gasteiger partial charge in [-0.25, -0.2) is 0 Å². The molecule has 0 radical (unpaired) electrons. The van der Waals surface area contributed by atoms with Gasteiger partial charge in [0.2, 0.25) is 0 Å². The topological polar surface area (TPSA) is 56.6 Å². The highest BCUT2D eigenvalue weighted by Gasteiger charge is 2.22. The molecule has 0 amide bonds. The Morgan fingerprint density at radius 2 is 2.33 bits per heavy atom. The van der Waals surface area contributed by atoms with E-state index in [0.717, 1.165) is 37.3 Å². The Morgan fingerprint density at radius 3 is 2.94 bits per heavy atom. The molecule has 1 aliphatic rings. The first-order valence-electron chi connectivity index (χ1n) is 6.74. The van der Waals surface area contributed by atoms with Gasteiger partial charge in [0.05, 0.1) is 23.7 Å². The number of aromatic nitrogens is 1. The fourth-order valence-electron chi connectivity index (χ4n) is 2.48. The average Bonchev–Trinajstić information content (AvgIpc) is 2.87. The molecule has 2 rings (SSSR count). The fourth-order valence-corrected chi connectivity index (χ4v) is 2.48. The van der Waals surface area contributed by atoms with Crippen LogP contribution < -0.4 is 4.90 Å². The van der Waals surface area contributed by atoms with Crippen molar-refractivity contribution in [1.82, 2.24) is 4.98 Å². The van der Waals surface area contributed by atoms with Crippen molar-refractivity contribution in [3.63, 3.8) is 0 Å². The summed E-state index contributed by atoms with van der Waals surface area (Å²) in [6, 6.07) is 3.94. The number of hydrogen-bond acceptors (Lipinski definition) is 4. The molecule has 100 valence electrons. The monoisotopic (exact) mass is 250 g/mol. The highest BCUT2D eigenvalue weighted by Crippen LogP contribution is 2.26. The lowest BCUT2D eigenvalue weighted by molar-refractivity contribution is 0.169. The second kappa shape index (κ2) is 6.16. The molecule has 2 N–H and O–H groups in total. The zero-order valence-electron chi connectivity index (χ0n) is 10.9. The molecule has 1 fully saturated rings. The Kier molecular flexibility index (Phi) is 4.55. The molecular weight excluding hydrogens is 228 g/mol. The Hall–Kier alpha value is -1.13. The van der Waals surface area contributed by atoms with E-state index in [4.69, 9.17) is 5.11 Å². The number of aliphatic hydroxyl groups is 2. The molecule has 0 aliphatic carbocycles. The molecule has 2 atom stereocenters. The van der Waals surface area contributed by atoms with Crippen LogP contribution in [0.15, 0.2) is 18.3 Å². The minimum atomic E-state index is -0.459.